The van der Waals surface area contributed by atoms with Gasteiger partial charge in [0.1, 0.15) is 0 Å². The molecule has 3 atom stereocenters. The van der Waals surface area contributed by atoms with Crippen LogP contribution in [0.15, 0.2) is 12.2 Å². The Morgan fingerprint density at radius 2 is 2.31 bits per heavy atom. The maximum atomic E-state index is 8.94. The number of nitrogens with one attached hydrogen (secondary N) is 1. The van der Waals surface area contributed by atoms with Crippen molar-refractivity contribution in [2.24, 2.45) is 5.92 Å². The fraction of sp³-hybridized carbons (Fsp3) is 0.818. The molecule has 1 aliphatic carbocycles. The second kappa shape index (κ2) is 5.40. The highest BCUT2D eigenvalue weighted by Gasteiger charge is 2.18. The average molecular weight is 183 g/mol. The molecule has 0 aromatic heterocycles. The molecule has 2 nitrogen and oxygen atoms in total. The Kier molecular flexibility index (Phi) is 4.46. The van der Waals surface area contributed by atoms with Crippen LogP contribution < -0.4 is 5.32 Å². The summed E-state index contributed by atoms with van der Waals surface area (Å²) in [5.41, 5.74) is 0. The number of hydrogen-bond acceptors (Lipinski definition) is 2. The summed E-state index contributed by atoms with van der Waals surface area (Å²) in [5.74, 6) is 0.381. The molecule has 0 aliphatic heterocycles. The van der Waals surface area contributed by atoms with Crippen molar-refractivity contribution in [1.82, 2.24) is 5.32 Å². The largest absolute Gasteiger partial charge is 0.396 e. The van der Waals surface area contributed by atoms with E-state index in [2.05, 4.69) is 31.3 Å². The maximum absolute atomic E-state index is 8.94. The molecule has 0 spiro atoms. The molecule has 0 saturated heterocycles. The molecule has 2 heteroatoms. The lowest BCUT2D eigenvalue weighted by Crippen LogP contribution is -2.34. The molecule has 1 aliphatic rings. The smallest absolute Gasteiger partial charge is 0.0494 e. The SMILES string of the molecule is CCCC(C)N[C@@H]1C=C[C@H](CO)C1. The molecule has 1 unspecified atom stereocenters. The molecule has 1 rings (SSSR count). The molecule has 0 saturated carbocycles. The molecular formula is C11H21NO. The average Bonchev–Trinajstić information content (AvgIpc) is 2.52. The van der Waals surface area contributed by atoms with E-state index in [-0.39, 0.29) is 6.61 Å². The molecule has 0 heterocycles. The number of hydrogen-bond donors (Lipinski definition) is 2. The van der Waals surface area contributed by atoms with E-state index in [1.807, 2.05) is 0 Å². The van der Waals surface area contributed by atoms with Crippen LogP contribution in [-0.4, -0.2) is 23.8 Å². The topological polar surface area (TPSA) is 32.3 Å². The summed E-state index contributed by atoms with van der Waals surface area (Å²) in [6.45, 7) is 4.72. The van der Waals surface area contributed by atoms with Gasteiger partial charge in [0, 0.05) is 24.6 Å². The first kappa shape index (κ1) is 10.7. The molecule has 0 aromatic carbocycles. The van der Waals surface area contributed by atoms with E-state index in [9.17, 15) is 0 Å². The van der Waals surface area contributed by atoms with Crippen LogP contribution in [-0.2, 0) is 0 Å². The summed E-state index contributed by atoms with van der Waals surface area (Å²) in [5, 5.41) is 12.5. The predicted molar refractivity (Wildman–Crippen MR) is 55.6 cm³/mol. The third kappa shape index (κ3) is 3.49. The summed E-state index contributed by atoms with van der Waals surface area (Å²) in [4.78, 5) is 0. The third-order valence-corrected chi connectivity index (χ3v) is 2.63. The molecule has 0 bridgehead atoms. The minimum Gasteiger partial charge on any atom is -0.396 e. The Morgan fingerprint density at radius 1 is 1.54 bits per heavy atom. The maximum Gasteiger partial charge on any atom is 0.0494 e. The molecule has 2 N–H and O–H groups in total. The van der Waals surface area contributed by atoms with Crippen LogP contribution in [0.2, 0.25) is 0 Å². The molecule has 76 valence electrons. The Morgan fingerprint density at radius 3 is 2.85 bits per heavy atom. The first-order valence-electron chi connectivity index (χ1n) is 5.31. The molecule has 0 amide bonds. The monoisotopic (exact) mass is 183 g/mol. The summed E-state index contributed by atoms with van der Waals surface area (Å²) >= 11 is 0. The van der Waals surface area contributed by atoms with Crippen molar-refractivity contribution in [1.29, 1.82) is 0 Å². The van der Waals surface area contributed by atoms with Gasteiger partial charge in [0.15, 0.2) is 0 Å². The minimum atomic E-state index is 0.289. The molecule has 0 radical (unpaired) electrons. The van der Waals surface area contributed by atoms with Crippen LogP contribution >= 0.6 is 0 Å². The summed E-state index contributed by atoms with van der Waals surface area (Å²) in [7, 11) is 0. The van der Waals surface area contributed by atoms with Gasteiger partial charge in [-0.05, 0) is 19.8 Å². The fourth-order valence-electron chi connectivity index (χ4n) is 1.92. The Hall–Kier alpha value is -0.340. The van der Waals surface area contributed by atoms with E-state index in [0.717, 1.165) is 6.42 Å². The molecule has 13 heavy (non-hydrogen) atoms. The zero-order valence-corrected chi connectivity index (χ0v) is 8.66. The Labute approximate surface area is 81.0 Å². The zero-order chi connectivity index (χ0) is 9.68. The van der Waals surface area contributed by atoms with Gasteiger partial charge in [-0.3, -0.25) is 0 Å². The van der Waals surface area contributed by atoms with E-state index in [1.165, 1.54) is 12.8 Å². The lowest BCUT2D eigenvalue weighted by molar-refractivity contribution is 0.244. The summed E-state index contributed by atoms with van der Waals surface area (Å²) in [6, 6.07) is 1.08. The number of aliphatic hydroxyl groups excluding tert-OH is 1. The van der Waals surface area contributed by atoms with Gasteiger partial charge < -0.3 is 10.4 Å². The highest BCUT2D eigenvalue weighted by atomic mass is 16.3. The van der Waals surface area contributed by atoms with Crippen LogP contribution in [0.5, 0.6) is 0 Å². The highest BCUT2D eigenvalue weighted by Crippen LogP contribution is 2.17. The van der Waals surface area contributed by atoms with Crippen molar-refractivity contribution in [3.05, 3.63) is 12.2 Å². The van der Waals surface area contributed by atoms with Crippen molar-refractivity contribution >= 4 is 0 Å². The van der Waals surface area contributed by atoms with E-state index in [0.29, 0.717) is 18.0 Å². The van der Waals surface area contributed by atoms with Gasteiger partial charge in [-0.1, -0.05) is 25.5 Å². The molecular weight excluding hydrogens is 162 g/mol. The predicted octanol–water partition coefficient (Wildman–Crippen LogP) is 1.70. The summed E-state index contributed by atoms with van der Waals surface area (Å²) < 4.78 is 0. The first-order valence-corrected chi connectivity index (χ1v) is 5.31. The summed E-state index contributed by atoms with van der Waals surface area (Å²) in [6.07, 6.45) is 7.83. The van der Waals surface area contributed by atoms with Gasteiger partial charge in [0.2, 0.25) is 0 Å². The van der Waals surface area contributed by atoms with E-state index < -0.39 is 0 Å². The van der Waals surface area contributed by atoms with Crippen molar-refractivity contribution in [3.8, 4) is 0 Å². The van der Waals surface area contributed by atoms with Crippen molar-refractivity contribution in [2.45, 2.75) is 45.2 Å². The minimum absolute atomic E-state index is 0.289. The second-order valence-corrected chi connectivity index (χ2v) is 4.03. The third-order valence-electron chi connectivity index (χ3n) is 2.63. The van der Waals surface area contributed by atoms with E-state index in [1.54, 1.807) is 0 Å². The quantitative estimate of drug-likeness (QED) is 0.636. The van der Waals surface area contributed by atoms with Crippen LogP contribution in [0.4, 0.5) is 0 Å². The second-order valence-electron chi connectivity index (χ2n) is 4.03. The van der Waals surface area contributed by atoms with Crippen LogP contribution in [0, 0.1) is 5.92 Å². The normalized spacial score (nSPS) is 29.5. The van der Waals surface area contributed by atoms with Crippen molar-refractivity contribution in [3.63, 3.8) is 0 Å². The molecule has 0 fully saturated rings. The van der Waals surface area contributed by atoms with Crippen LogP contribution in [0.1, 0.15) is 33.1 Å². The standard InChI is InChI=1S/C11H21NO/c1-3-4-9(2)12-11-6-5-10(7-11)8-13/h5-6,9-13H,3-4,7-8H2,1-2H3/t9?,10-,11+/m0/s1. The van der Waals surface area contributed by atoms with Crippen LogP contribution in [0.25, 0.3) is 0 Å². The van der Waals surface area contributed by atoms with Crippen molar-refractivity contribution in [2.75, 3.05) is 6.61 Å². The number of rotatable bonds is 5. The number of aliphatic hydroxyl groups is 1. The van der Waals surface area contributed by atoms with Gasteiger partial charge in [-0.2, -0.15) is 0 Å². The van der Waals surface area contributed by atoms with E-state index in [4.69, 9.17) is 5.11 Å². The lowest BCUT2D eigenvalue weighted by atomic mass is 10.1. The van der Waals surface area contributed by atoms with E-state index >= 15 is 0 Å². The van der Waals surface area contributed by atoms with Gasteiger partial charge in [-0.15, -0.1) is 0 Å². The Balaban J connectivity index is 2.20. The highest BCUT2D eigenvalue weighted by molar-refractivity contribution is 5.06. The van der Waals surface area contributed by atoms with Gasteiger partial charge in [-0.25, -0.2) is 0 Å². The van der Waals surface area contributed by atoms with Crippen LogP contribution in [0.3, 0.4) is 0 Å². The lowest BCUT2D eigenvalue weighted by Gasteiger charge is -2.18. The Bertz CT molecular complexity index is 167. The zero-order valence-electron chi connectivity index (χ0n) is 8.66. The van der Waals surface area contributed by atoms with Gasteiger partial charge in [0.25, 0.3) is 0 Å². The molecule has 0 aromatic rings. The van der Waals surface area contributed by atoms with Gasteiger partial charge >= 0.3 is 0 Å². The van der Waals surface area contributed by atoms with Crippen molar-refractivity contribution < 1.29 is 5.11 Å². The van der Waals surface area contributed by atoms with Gasteiger partial charge in [0.05, 0.1) is 0 Å². The first-order chi connectivity index (χ1) is 6.26. The fourth-order valence-corrected chi connectivity index (χ4v) is 1.92.